The van der Waals surface area contributed by atoms with Crippen LogP contribution in [0.3, 0.4) is 0 Å². The van der Waals surface area contributed by atoms with Gasteiger partial charge in [-0.3, -0.25) is 14.6 Å². The molecule has 188 valence electrons. The fraction of sp³-hybridized carbons (Fsp3) is 0.321. The standard InChI is InChI=1S/C28H28N6O3/c1-16(36)25-26(19-11-20-8-9-21(12-19)33(20)24(37)15-35)32-28-22(14-31-34(28)27(25)29)18-7-10-23(30-13-18)17-5-3-2-4-6-17/h2-7,10,13-14,19-21,35H,8-9,11-12,15,29H2,1H3/t19?,20-,21?/m0/s1. The van der Waals surface area contributed by atoms with Crippen LogP contribution in [0.1, 0.15) is 54.6 Å². The Balaban J connectivity index is 1.41. The molecule has 5 heterocycles. The van der Waals surface area contributed by atoms with Gasteiger partial charge in [-0.05, 0) is 38.7 Å². The number of fused-ring (bicyclic) bond motifs is 3. The van der Waals surface area contributed by atoms with Gasteiger partial charge in [0.25, 0.3) is 0 Å². The van der Waals surface area contributed by atoms with E-state index in [-0.39, 0.29) is 35.5 Å². The van der Waals surface area contributed by atoms with Crippen LogP contribution in [0.2, 0.25) is 0 Å². The molecule has 9 heteroatoms. The van der Waals surface area contributed by atoms with E-state index >= 15 is 0 Å². The van der Waals surface area contributed by atoms with E-state index in [1.165, 1.54) is 11.4 Å². The lowest BCUT2D eigenvalue weighted by molar-refractivity contribution is -0.138. The number of Topliss-reactive ketones (excluding diaryl/α,β-unsaturated/α-hetero) is 1. The highest BCUT2D eigenvalue weighted by molar-refractivity contribution is 6.00. The zero-order chi connectivity index (χ0) is 25.7. The summed E-state index contributed by atoms with van der Waals surface area (Å²) >= 11 is 0. The minimum Gasteiger partial charge on any atom is -0.387 e. The highest BCUT2D eigenvalue weighted by Gasteiger charge is 2.44. The average molecular weight is 497 g/mol. The first kappa shape index (κ1) is 23.3. The Morgan fingerprint density at radius 3 is 2.38 bits per heavy atom. The molecular weight excluding hydrogens is 468 g/mol. The number of benzene rings is 1. The van der Waals surface area contributed by atoms with Crippen molar-refractivity contribution in [3.05, 3.63) is 66.1 Å². The Bertz CT molecular complexity index is 1480. The molecule has 0 radical (unpaired) electrons. The molecule has 3 atom stereocenters. The van der Waals surface area contributed by atoms with Gasteiger partial charge in [0, 0.05) is 40.9 Å². The second kappa shape index (κ2) is 9.08. The molecule has 2 bridgehead atoms. The molecule has 37 heavy (non-hydrogen) atoms. The Morgan fingerprint density at radius 1 is 1.03 bits per heavy atom. The van der Waals surface area contributed by atoms with Gasteiger partial charge in [-0.25, -0.2) is 4.98 Å². The van der Waals surface area contributed by atoms with Crippen LogP contribution in [0.4, 0.5) is 5.82 Å². The number of hydrogen-bond donors (Lipinski definition) is 2. The molecule has 0 aliphatic carbocycles. The number of nitrogens with zero attached hydrogens (tertiary/aromatic N) is 5. The summed E-state index contributed by atoms with van der Waals surface area (Å²) < 4.78 is 1.53. The molecule has 4 aromatic rings. The van der Waals surface area contributed by atoms with E-state index in [0.717, 1.165) is 35.2 Å². The second-order valence-corrected chi connectivity index (χ2v) is 9.92. The number of pyridine rings is 1. The van der Waals surface area contributed by atoms with Crippen molar-refractivity contribution in [1.82, 2.24) is 24.5 Å². The van der Waals surface area contributed by atoms with E-state index < -0.39 is 6.61 Å². The Kier molecular flexibility index (Phi) is 5.72. The van der Waals surface area contributed by atoms with Crippen LogP contribution in [0.15, 0.2) is 54.9 Å². The van der Waals surface area contributed by atoms with Gasteiger partial charge < -0.3 is 15.7 Å². The van der Waals surface area contributed by atoms with E-state index in [1.54, 1.807) is 12.4 Å². The molecule has 0 saturated carbocycles. The highest BCUT2D eigenvalue weighted by atomic mass is 16.3. The number of carbonyl (C=O) groups is 2. The summed E-state index contributed by atoms with van der Waals surface area (Å²) in [6.45, 7) is 1.02. The molecule has 3 aromatic heterocycles. The van der Waals surface area contributed by atoms with Crippen LogP contribution in [0, 0.1) is 0 Å². The number of anilines is 1. The lowest BCUT2D eigenvalue weighted by Gasteiger charge is -2.39. The fourth-order valence-corrected chi connectivity index (χ4v) is 6.11. The fourth-order valence-electron chi connectivity index (χ4n) is 6.11. The van der Waals surface area contributed by atoms with E-state index in [2.05, 4.69) is 10.1 Å². The Morgan fingerprint density at radius 2 is 1.76 bits per heavy atom. The summed E-state index contributed by atoms with van der Waals surface area (Å²) in [5, 5.41) is 13.9. The smallest absolute Gasteiger partial charge is 0.248 e. The number of nitrogen functional groups attached to an aromatic ring is 1. The summed E-state index contributed by atoms with van der Waals surface area (Å²) in [4.78, 5) is 36.6. The average Bonchev–Trinajstić information content (AvgIpc) is 3.46. The molecule has 2 fully saturated rings. The van der Waals surface area contributed by atoms with E-state index in [0.29, 0.717) is 29.7 Å². The molecule has 3 N–H and O–H groups in total. The number of aromatic nitrogens is 4. The number of nitrogens with two attached hydrogens (primary N) is 1. The number of rotatable bonds is 5. The van der Waals surface area contributed by atoms with Gasteiger partial charge in [0.1, 0.15) is 12.4 Å². The van der Waals surface area contributed by atoms with Gasteiger partial charge in [0.05, 0.1) is 23.1 Å². The largest absolute Gasteiger partial charge is 0.387 e. The molecule has 2 aliphatic rings. The van der Waals surface area contributed by atoms with Crippen molar-refractivity contribution in [3.8, 4) is 22.4 Å². The minimum absolute atomic E-state index is 0.0206. The number of ketones is 1. The van der Waals surface area contributed by atoms with Crippen molar-refractivity contribution < 1.29 is 14.7 Å². The number of aliphatic hydroxyl groups excluding tert-OH is 1. The minimum atomic E-state index is -0.482. The number of aliphatic hydroxyl groups is 1. The molecule has 2 saturated heterocycles. The van der Waals surface area contributed by atoms with Crippen molar-refractivity contribution in [3.63, 3.8) is 0 Å². The monoisotopic (exact) mass is 496 g/mol. The maximum Gasteiger partial charge on any atom is 0.248 e. The first-order valence-electron chi connectivity index (χ1n) is 12.6. The normalized spacial score (nSPS) is 20.9. The molecule has 1 aromatic carbocycles. The first-order valence-corrected chi connectivity index (χ1v) is 12.6. The first-order chi connectivity index (χ1) is 18.0. The summed E-state index contributed by atoms with van der Waals surface area (Å²) in [6, 6.07) is 14.0. The summed E-state index contributed by atoms with van der Waals surface area (Å²) in [5.74, 6) is -0.138. The van der Waals surface area contributed by atoms with Gasteiger partial charge in [0.15, 0.2) is 11.4 Å². The summed E-state index contributed by atoms with van der Waals surface area (Å²) in [6.07, 6.45) is 6.64. The molecule has 1 amide bonds. The third kappa shape index (κ3) is 3.86. The zero-order valence-electron chi connectivity index (χ0n) is 20.5. The molecule has 9 nitrogen and oxygen atoms in total. The van der Waals surface area contributed by atoms with Gasteiger partial charge in [0.2, 0.25) is 5.91 Å². The van der Waals surface area contributed by atoms with Crippen molar-refractivity contribution in [2.75, 3.05) is 12.3 Å². The number of hydrogen-bond acceptors (Lipinski definition) is 7. The zero-order valence-corrected chi connectivity index (χ0v) is 20.5. The van der Waals surface area contributed by atoms with E-state index in [4.69, 9.17) is 10.7 Å². The lowest BCUT2D eigenvalue weighted by Crippen LogP contribution is -2.47. The van der Waals surface area contributed by atoms with Gasteiger partial charge >= 0.3 is 0 Å². The van der Waals surface area contributed by atoms with Crippen LogP contribution in [-0.2, 0) is 4.79 Å². The number of carbonyl (C=O) groups excluding carboxylic acids is 2. The summed E-state index contributed by atoms with van der Waals surface area (Å²) in [5.41, 5.74) is 11.7. The van der Waals surface area contributed by atoms with Gasteiger partial charge in [-0.1, -0.05) is 36.4 Å². The topological polar surface area (TPSA) is 127 Å². The van der Waals surface area contributed by atoms with Gasteiger partial charge in [-0.15, -0.1) is 0 Å². The van der Waals surface area contributed by atoms with Crippen molar-refractivity contribution in [2.45, 2.75) is 50.6 Å². The SMILES string of the molecule is CC(=O)c1c(C2CC3CC[C@@H](C2)N3C(=O)CO)nc2c(-c3ccc(-c4ccccc4)nc3)cnn2c1N. The summed E-state index contributed by atoms with van der Waals surface area (Å²) in [7, 11) is 0. The predicted octanol–water partition coefficient (Wildman–Crippen LogP) is 3.47. The Labute approximate surface area is 214 Å². The third-order valence-electron chi connectivity index (χ3n) is 7.75. The second-order valence-electron chi connectivity index (χ2n) is 9.92. The third-order valence-corrected chi connectivity index (χ3v) is 7.75. The van der Waals surface area contributed by atoms with Crippen molar-refractivity contribution in [1.29, 1.82) is 0 Å². The quantitative estimate of drug-likeness (QED) is 0.405. The maximum atomic E-state index is 12.8. The molecule has 0 spiro atoms. The van der Waals surface area contributed by atoms with E-state index in [9.17, 15) is 14.7 Å². The van der Waals surface area contributed by atoms with Crippen LogP contribution < -0.4 is 5.73 Å². The number of amides is 1. The Hall–Kier alpha value is -4.11. The highest BCUT2D eigenvalue weighted by Crippen LogP contribution is 2.44. The molecular formula is C28H28N6O3. The van der Waals surface area contributed by atoms with Gasteiger partial charge in [-0.2, -0.15) is 9.61 Å². The molecule has 6 rings (SSSR count). The van der Waals surface area contributed by atoms with Crippen LogP contribution in [-0.4, -0.2) is 60.0 Å². The van der Waals surface area contributed by atoms with Crippen molar-refractivity contribution >= 4 is 23.2 Å². The number of piperidine rings is 1. The van der Waals surface area contributed by atoms with Crippen LogP contribution >= 0.6 is 0 Å². The van der Waals surface area contributed by atoms with E-state index in [1.807, 2.05) is 47.4 Å². The van der Waals surface area contributed by atoms with Crippen LogP contribution in [0.5, 0.6) is 0 Å². The van der Waals surface area contributed by atoms with Crippen molar-refractivity contribution in [2.24, 2.45) is 0 Å². The molecule has 2 aliphatic heterocycles. The molecule has 2 unspecified atom stereocenters. The van der Waals surface area contributed by atoms with Crippen LogP contribution in [0.25, 0.3) is 28.0 Å². The lowest BCUT2D eigenvalue weighted by atomic mass is 9.85. The maximum absolute atomic E-state index is 12.8. The predicted molar refractivity (Wildman–Crippen MR) is 139 cm³/mol.